The molecule has 0 unspecified atom stereocenters. The summed E-state index contributed by atoms with van der Waals surface area (Å²) in [6.07, 6.45) is 2.73. The summed E-state index contributed by atoms with van der Waals surface area (Å²) in [6, 6.07) is 13.8. The standard InChI is InChI=1S/C14H10N4/c15-9-17-18-14-7-3-5-10-11-4-1-2-6-13(11)16-8-12(10)14/h1-9,15H. The number of rotatable bonds is 2. The highest BCUT2D eigenvalue weighted by molar-refractivity contribution is 6.08. The number of benzene rings is 2. The number of nitrogens with one attached hydrogen (secondary N) is 1. The molecule has 0 amide bonds. The average molecular weight is 234 g/mol. The third kappa shape index (κ3) is 1.64. The molecule has 0 bridgehead atoms. The van der Waals surface area contributed by atoms with Gasteiger partial charge in [0.2, 0.25) is 0 Å². The number of azo groups is 1. The Balaban J connectivity index is 2.39. The number of hydrogen-bond acceptors (Lipinski definition) is 3. The van der Waals surface area contributed by atoms with E-state index < -0.39 is 0 Å². The van der Waals surface area contributed by atoms with Crippen LogP contribution in [0.5, 0.6) is 0 Å². The summed E-state index contributed by atoms with van der Waals surface area (Å²) in [6.45, 7) is 0. The molecule has 0 spiro atoms. The SMILES string of the molecule is N=CN=Nc1cccc2c1cnc1ccccc12. The summed E-state index contributed by atoms with van der Waals surface area (Å²) in [5.41, 5.74) is 1.69. The molecule has 4 nitrogen and oxygen atoms in total. The lowest BCUT2D eigenvalue weighted by Crippen LogP contribution is -1.81. The highest BCUT2D eigenvalue weighted by Crippen LogP contribution is 2.30. The number of para-hydroxylation sites is 1. The summed E-state index contributed by atoms with van der Waals surface area (Å²) < 4.78 is 0. The van der Waals surface area contributed by atoms with Crippen molar-refractivity contribution in [3.05, 3.63) is 48.7 Å². The predicted octanol–water partition coefficient (Wildman–Crippen LogP) is 4.08. The van der Waals surface area contributed by atoms with Crippen LogP contribution in [0.4, 0.5) is 5.69 Å². The van der Waals surface area contributed by atoms with Crippen LogP contribution in [0.15, 0.2) is 58.9 Å². The van der Waals surface area contributed by atoms with Crippen molar-refractivity contribution in [2.75, 3.05) is 0 Å². The van der Waals surface area contributed by atoms with Gasteiger partial charge in [0, 0.05) is 17.0 Å². The fourth-order valence-electron chi connectivity index (χ4n) is 2.05. The van der Waals surface area contributed by atoms with Gasteiger partial charge in [-0.3, -0.25) is 10.4 Å². The van der Waals surface area contributed by atoms with Crippen molar-refractivity contribution in [1.82, 2.24) is 4.98 Å². The molecule has 86 valence electrons. The van der Waals surface area contributed by atoms with Gasteiger partial charge in [-0.05, 0) is 17.5 Å². The first-order valence-electron chi connectivity index (χ1n) is 5.56. The molecule has 1 N–H and O–H groups in total. The second-order valence-corrected chi connectivity index (χ2v) is 3.86. The minimum absolute atomic E-state index is 0.731. The number of hydrogen-bond donors (Lipinski definition) is 1. The van der Waals surface area contributed by atoms with E-state index in [1.54, 1.807) is 6.20 Å². The second kappa shape index (κ2) is 4.33. The van der Waals surface area contributed by atoms with Gasteiger partial charge < -0.3 is 0 Å². The van der Waals surface area contributed by atoms with Crippen molar-refractivity contribution in [3.8, 4) is 0 Å². The fourth-order valence-corrected chi connectivity index (χ4v) is 2.05. The van der Waals surface area contributed by atoms with Crippen molar-refractivity contribution in [2.45, 2.75) is 0 Å². The predicted molar refractivity (Wildman–Crippen MR) is 72.5 cm³/mol. The van der Waals surface area contributed by atoms with Crippen LogP contribution in [0.25, 0.3) is 21.7 Å². The molecule has 0 aliphatic rings. The normalized spacial score (nSPS) is 11.3. The van der Waals surface area contributed by atoms with E-state index >= 15 is 0 Å². The number of aromatic nitrogens is 1. The second-order valence-electron chi connectivity index (χ2n) is 3.86. The molecule has 0 saturated heterocycles. The van der Waals surface area contributed by atoms with E-state index in [1.807, 2.05) is 42.5 Å². The Morgan fingerprint density at radius 1 is 0.944 bits per heavy atom. The van der Waals surface area contributed by atoms with Crippen molar-refractivity contribution in [3.63, 3.8) is 0 Å². The number of fused-ring (bicyclic) bond motifs is 3. The van der Waals surface area contributed by atoms with Gasteiger partial charge in [0.25, 0.3) is 0 Å². The van der Waals surface area contributed by atoms with Gasteiger partial charge >= 0.3 is 0 Å². The van der Waals surface area contributed by atoms with Crippen LogP contribution in [-0.4, -0.2) is 11.3 Å². The van der Waals surface area contributed by atoms with Crippen LogP contribution in [0.1, 0.15) is 0 Å². The first-order chi connectivity index (χ1) is 8.90. The lowest BCUT2D eigenvalue weighted by molar-refractivity contribution is 1.29. The molecule has 1 aromatic heterocycles. The van der Waals surface area contributed by atoms with Gasteiger partial charge in [0.15, 0.2) is 0 Å². The van der Waals surface area contributed by atoms with Crippen molar-refractivity contribution >= 4 is 33.7 Å². The van der Waals surface area contributed by atoms with Crippen LogP contribution in [0.2, 0.25) is 0 Å². The zero-order chi connectivity index (χ0) is 12.4. The van der Waals surface area contributed by atoms with Crippen molar-refractivity contribution < 1.29 is 0 Å². The molecular weight excluding hydrogens is 224 g/mol. The lowest BCUT2D eigenvalue weighted by Gasteiger charge is -2.04. The highest BCUT2D eigenvalue weighted by atomic mass is 15.1. The molecule has 0 fully saturated rings. The fraction of sp³-hybridized carbons (Fsp3) is 0. The van der Waals surface area contributed by atoms with E-state index in [2.05, 4.69) is 15.2 Å². The molecule has 0 atom stereocenters. The first kappa shape index (κ1) is 10.5. The Morgan fingerprint density at radius 2 is 1.78 bits per heavy atom. The Labute approximate surface area is 104 Å². The van der Waals surface area contributed by atoms with E-state index in [0.29, 0.717) is 0 Å². The average Bonchev–Trinajstić information content (AvgIpc) is 2.44. The molecule has 3 aromatic rings. The summed E-state index contributed by atoms with van der Waals surface area (Å²) in [7, 11) is 0. The zero-order valence-corrected chi connectivity index (χ0v) is 9.54. The van der Waals surface area contributed by atoms with Crippen LogP contribution < -0.4 is 0 Å². The molecule has 1 heterocycles. The van der Waals surface area contributed by atoms with Crippen LogP contribution >= 0.6 is 0 Å². The third-order valence-corrected chi connectivity index (χ3v) is 2.83. The topological polar surface area (TPSA) is 61.5 Å². The highest BCUT2D eigenvalue weighted by Gasteiger charge is 2.04. The van der Waals surface area contributed by atoms with E-state index in [0.717, 1.165) is 33.7 Å². The lowest BCUT2D eigenvalue weighted by atomic mass is 10.1. The molecule has 4 heteroatoms. The maximum atomic E-state index is 6.89. The van der Waals surface area contributed by atoms with Crippen LogP contribution in [0.3, 0.4) is 0 Å². The van der Waals surface area contributed by atoms with E-state index in [-0.39, 0.29) is 0 Å². The third-order valence-electron chi connectivity index (χ3n) is 2.83. The smallest absolute Gasteiger partial charge is 0.129 e. The van der Waals surface area contributed by atoms with E-state index in [9.17, 15) is 0 Å². The number of nitrogens with zero attached hydrogens (tertiary/aromatic N) is 3. The van der Waals surface area contributed by atoms with Crippen LogP contribution in [0, 0.1) is 5.41 Å². The van der Waals surface area contributed by atoms with Crippen molar-refractivity contribution in [2.24, 2.45) is 10.2 Å². The van der Waals surface area contributed by atoms with Gasteiger partial charge in [-0.1, -0.05) is 30.3 Å². The molecular formula is C14H10N4. The Morgan fingerprint density at radius 3 is 2.67 bits per heavy atom. The van der Waals surface area contributed by atoms with Gasteiger partial charge in [0.05, 0.1) is 11.2 Å². The van der Waals surface area contributed by atoms with Crippen molar-refractivity contribution in [1.29, 1.82) is 5.41 Å². The Hall–Kier alpha value is -2.62. The molecule has 0 saturated carbocycles. The van der Waals surface area contributed by atoms with E-state index in [4.69, 9.17) is 5.41 Å². The van der Waals surface area contributed by atoms with Crippen LogP contribution in [-0.2, 0) is 0 Å². The first-order valence-corrected chi connectivity index (χ1v) is 5.56. The maximum Gasteiger partial charge on any atom is 0.129 e. The summed E-state index contributed by atoms with van der Waals surface area (Å²) in [5.74, 6) is 0. The quantitative estimate of drug-likeness (QED) is 0.309. The molecule has 3 rings (SSSR count). The Kier molecular flexibility index (Phi) is 2.53. The Bertz CT molecular complexity index is 762. The van der Waals surface area contributed by atoms with Gasteiger partial charge in [-0.15, -0.1) is 10.2 Å². The van der Waals surface area contributed by atoms with Gasteiger partial charge in [-0.25, -0.2) is 0 Å². The maximum absolute atomic E-state index is 6.89. The van der Waals surface area contributed by atoms with Gasteiger partial charge in [-0.2, -0.15) is 0 Å². The number of pyridine rings is 1. The van der Waals surface area contributed by atoms with E-state index in [1.165, 1.54) is 0 Å². The summed E-state index contributed by atoms with van der Waals surface area (Å²) >= 11 is 0. The molecule has 0 aliphatic heterocycles. The molecule has 18 heavy (non-hydrogen) atoms. The minimum Gasteiger partial charge on any atom is -0.288 e. The molecule has 0 radical (unpaired) electrons. The largest absolute Gasteiger partial charge is 0.288 e. The minimum atomic E-state index is 0.731. The van der Waals surface area contributed by atoms with Gasteiger partial charge in [0.1, 0.15) is 6.34 Å². The summed E-state index contributed by atoms with van der Waals surface area (Å²) in [5, 5.41) is 17.6. The molecule has 2 aromatic carbocycles. The molecule has 0 aliphatic carbocycles. The zero-order valence-electron chi connectivity index (χ0n) is 9.54. The summed E-state index contributed by atoms with van der Waals surface area (Å²) in [4.78, 5) is 4.42. The monoisotopic (exact) mass is 234 g/mol.